The van der Waals surface area contributed by atoms with E-state index in [0.29, 0.717) is 11.5 Å². The highest BCUT2D eigenvalue weighted by Crippen LogP contribution is 2.37. The second kappa shape index (κ2) is 7.50. The Kier molecular flexibility index (Phi) is 6.00. The summed E-state index contributed by atoms with van der Waals surface area (Å²) in [5.74, 6) is -1.37. The molecule has 1 rings (SSSR count). The molecule has 0 heterocycles. The number of para-hydroxylation sites is 1. The zero-order chi connectivity index (χ0) is 16.0. The maximum Gasteiger partial charge on any atom is 0.302 e. The van der Waals surface area contributed by atoms with Crippen molar-refractivity contribution in [2.24, 2.45) is 0 Å². The topological polar surface area (TPSA) is 116 Å². The molecule has 10 heteroatoms. The summed E-state index contributed by atoms with van der Waals surface area (Å²) in [5.41, 5.74) is -1.76. The first-order valence-corrected chi connectivity index (χ1v) is 6.41. The molecule has 0 aromatic heterocycles. The molecule has 0 aliphatic rings. The fourth-order valence-electron chi connectivity index (χ4n) is 1.52. The number of halogens is 1. The largest absolute Gasteiger partial charge is 0.302 e. The van der Waals surface area contributed by atoms with Crippen LogP contribution >= 0.6 is 11.6 Å². The highest BCUT2D eigenvalue weighted by atomic mass is 35.5. The van der Waals surface area contributed by atoms with Crippen LogP contribution in [0.1, 0.15) is 13.3 Å². The molecule has 0 fully saturated rings. The van der Waals surface area contributed by atoms with E-state index in [1.54, 1.807) is 6.92 Å². The van der Waals surface area contributed by atoms with Gasteiger partial charge in [-0.1, -0.05) is 6.92 Å². The molecule has 0 unspecified atom stereocenters. The Bertz CT molecular complexity index is 533. The monoisotopic (exact) mass is 317 g/mol. The lowest BCUT2D eigenvalue weighted by Gasteiger charge is -2.20. The summed E-state index contributed by atoms with van der Waals surface area (Å²) in [6.07, 6.45) is 0.500. The molecule has 0 N–H and O–H groups in total. The standard InChI is InChI=1S/C11H12ClN3O6/c1-2-6-21-13(10(16)7-12)11-8(14(17)18)4-3-5-9(11)15(19)20/h3-5H,2,6-7H2,1H3. The Morgan fingerprint density at radius 3 is 2.19 bits per heavy atom. The number of hydrogen-bond acceptors (Lipinski definition) is 6. The van der Waals surface area contributed by atoms with Crippen molar-refractivity contribution in [3.8, 4) is 0 Å². The van der Waals surface area contributed by atoms with E-state index in [1.807, 2.05) is 0 Å². The molecule has 114 valence electrons. The fourth-order valence-corrected chi connectivity index (χ4v) is 1.63. The Balaban J connectivity index is 3.48. The minimum absolute atomic E-state index is 0.0475. The molecule has 1 aromatic rings. The van der Waals surface area contributed by atoms with Crippen LogP contribution in [0.25, 0.3) is 0 Å². The fraction of sp³-hybridized carbons (Fsp3) is 0.364. The number of amides is 1. The van der Waals surface area contributed by atoms with Crippen molar-refractivity contribution in [1.82, 2.24) is 0 Å². The van der Waals surface area contributed by atoms with Crippen LogP contribution in [-0.4, -0.2) is 28.2 Å². The number of alkyl halides is 1. The smallest absolute Gasteiger partial charge is 0.271 e. The first-order chi connectivity index (χ1) is 9.93. The average Bonchev–Trinajstić information content (AvgIpc) is 2.46. The molecule has 1 aromatic carbocycles. The highest BCUT2D eigenvalue weighted by molar-refractivity contribution is 6.29. The van der Waals surface area contributed by atoms with Crippen LogP contribution in [0.5, 0.6) is 0 Å². The van der Waals surface area contributed by atoms with Crippen LogP contribution in [0.4, 0.5) is 17.1 Å². The van der Waals surface area contributed by atoms with E-state index in [-0.39, 0.29) is 6.61 Å². The Hall–Kier alpha value is -2.26. The van der Waals surface area contributed by atoms with Gasteiger partial charge in [0.2, 0.25) is 5.69 Å². The number of anilines is 1. The zero-order valence-electron chi connectivity index (χ0n) is 11.0. The number of benzene rings is 1. The molecule has 0 bridgehead atoms. The summed E-state index contributed by atoms with van der Waals surface area (Å²) < 4.78 is 0. The molecule has 0 spiro atoms. The predicted molar refractivity (Wildman–Crippen MR) is 74.2 cm³/mol. The number of rotatable bonds is 7. The summed E-state index contributed by atoms with van der Waals surface area (Å²) in [4.78, 5) is 37.3. The van der Waals surface area contributed by atoms with Crippen molar-refractivity contribution in [3.63, 3.8) is 0 Å². The summed E-state index contributed by atoms with van der Waals surface area (Å²) in [7, 11) is 0. The number of hydroxylamine groups is 1. The van der Waals surface area contributed by atoms with Gasteiger partial charge in [0, 0.05) is 12.1 Å². The van der Waals surface area contributed by atoms with Gasteiger partial charge in [-0.25, -0.2) is 0 Å². The highest BCUT2D eigenvalue weighted by Gasteiger charge is 2.33. The maximum absolute atomic E-state index is 11.8. The number of carbonyl (C=O) groups is 1. The van der Waals surface area contributed by atoms with Crippen LogP contribution in [0, 0.1) is 20.2 Å². The van der Waals surface area contributed by atoms with Gasteiger partial charge in [0.25, 0.3) is 5.91 Å². The molecule has 1 amide bonds. The third-order valence-corrected chi connectivity index (χ3v) is 2.58. The summed E-state index contributed by atoms with van der Waals surface area (Å²) >= 11 is 5.43. The molecule has 0 aliphatic heterocycles. The molecule has 0 aliphatic carbocycles. The van der Waals surface area contributed by atoms with Crippen molar-refractivity contribution >= 4 is 34.6 Å². The quantitative estimate of drug-likeness (QED) is 0.433. The normalized spacial score (nSPS) is 10.2. The van der Waals surface area contributed by atoms with Crippen molar-refractivity contribution in [2.75, 3.05) is 17.6 Å². The number of nitro groups is 2. The van der Waals surface area contributed by atoms with Crippen molar-refractivity contribution < 1.29 is 19.5 Å². The molecule has 0 radical (unpaired) electrons. The van der Waals surface area contributed by atoms with Gasteiger partial charge in [-0.05, 0) is 12.5 Å². The van der Waals surface area contributed by atoms with Gasteiger partial charge in [-0.3, -0.25) is 29.9 Å². The number of nitro benzene ring substituents is 2. The predicted octanol–water partition coefficient (Wildman–Crippen LogP) is 2.42. The first-order valence-electron chi connectivity index (χ1n) is 5.87. The summed E-state index contributed by atoms with van der Waals surface area (Å²) in [6, 6.07) is 3.25. The van der Waals surface area contributed by atoms with Crippen molar-refractivity contribution in [2.45, 2.75) is 13.3 Å². The van der Waals surface area contributed by atoms with Crippen LogP contribution in [0.2, 0.25) is 0 Å². The lowest BCUT2D eigenvalue weighted by Crippen LogP contribution is -2.33. The summed E-state index contributed by atoms with van der Waals surface area (Å²) in [5, 5.41) is 22.6. The molecular weight excluding hydrogens is 306 g/mol. The van der Waals surface area contributed by atoms with Gasteiger partial charge in [0.15, 0.2) is 0 Å². The molecule has 0 saturated heterocycles. The van der Waals surface area contributed by atoms with E-state index in [1.165, 1.54) is 0 Å². The minimum atomic E-state index is -0.831. The first kappa shape index (κ1) is 16.8. The molecular formula is C11H12ClN3O6. The third-order valence-electron chi connectivity index (χ3n) is 2.36. The van der Waals surface area contributed by atoms with E-state index in [4.69, 9.17) is 16.4 Å². The lowest BCUT2D eigenvalue weighted by molar-refractivity contribution is -0.393. The van der Waals surface area contributed by atoms with Crippen molar-refractivity contribution in [3.05, 3.63) is 38.4 Å². The van der Waals surface area contributed by atoms with Crippen molar-refractivity contribution in [1.29, 1.82) is 0 Å². The second-order valence-corrected chi connectivity index (χ2v) is 4.08. The Morgan fingerprint density at radius 2 is 1.81 bits per heavy atom. The lowest BCUT2D eigenvalue weighted by atomic mass is 10.2. The van der Waals surface area contributed by atoms with Gasteiger partial charge in [0.05, 0.1) is 16.5 Å². The molecule has 21 heavy (non-hydrogen) atoms. The third kappa shape index (κ3) is 3.86. The van der Waals surface area contributed by atoms with E-state index in [2.05, 4.69) is 0 Å². The van der Waals surface area contributed by atoms with E-state index in [0.717, 1.165) is 18.2 Å². The average molecular weight is 318 g/mol. The molecule has 9 nitrogen and oxygen atoms in total. The Labute approximate surface area is 124 Å². The maximum atomic E-state index is 11.8. The number of carbonyl (C=O) groups excluding carboxylic acids is 1. The zero-order valence-corrected chi connectivity index (χ0v) is 11.8. The van der Waals surface area contributed by atoms with Crippen LogP contribution < -0.4 is 5.06 Å². The van der Waals surface area contributed by atoms with E-state index < -0.39 is 38.7 Å². The van der Waals surface area contributed by atoms with Crippen LogP contribution in [0.3, 0.4) is 0 Å². The van der Waals surface area contributed by atoms with E-state index >= 15 is 0 Å². The van der Waals surface area contributed by atoms with Gasteiger partial charge in [-0.15, -0.1) is 11.6 Å². The number of hydrogen-bond donors (Lipinski definition) is 0. The molecule has 0 saturated carbocycles. The summed E-state index contributed by atoms with van der Waals surface area (Å²) in [6.45, 7) is 1.79. The second-order valence-electron chi connectivity index (χ2n) is 3.81. The van der Waals surface area contributed by atoms with E-state index in [9.17, 15) is 25.0 Å². The van der Waals surface area contributed by atoms with Crippen LogP contribution in [0.15, 0.2) is 18.2 Å². The number of nitrogens with zero attached hydrogens (tertiary/aromatic N) is 3. The van der Waals surface area contributed by atoms with Gasteiger partial charge < -0.3 is 0 Å². The SMILES string of the molecule is CCCON(C(=O)CCl)c1c([N+](=O)[O-])cccc1[N+](=O)[O-]. The van der Waals surface area contributed by atoms with Crippen LogP contribution in [-0.2, 0) is 9.63 Å². The Morgan fingerprint density at radius 1 is 1.29 bits per heavy atom. The van der Waals surface area contributed by atoms with Gasteiger partial charge >= 0.3 is 11.4 Å². The van der Waals surface area contributed by atoms with Gasteiger partial charge in [-0.2, -0.15) is 5.06 Å². The molecule has 0 atom stereocenters. The minimum Gasteiger partial charge on any atom is -0.271 e. The van der Waals surface area contributed by atoms with Gasteiger partial charge in [0.1, 0.15) is 5.88 Å².